The van der Waals surface area contributed by atoms with Crippen molar-refractivity contribution in [3.63, 3.8) is 0 Å². The lowest BCUT2D eigenvalue weighted by molar-refractivity contribution is 0.0728. The summed E-state index contributed by atoms with van der Waals surface area (Å²) < 4.78 is 31.3. The lowest BCUT2D eigenvalue weighted by Crippen LogP contribution is -2.13. The molecule has 5 rings (SSSR count). The Hall–Kier alpha value is -6.42. The lowest BCUT2D eigenvalue weighted by atomic mass is 10.0. The quantitative estimate of drug-likeness (QED) is 0.0805. The van der Waals surface area contributed by atoms with Gasteiger partial charge in [0.2, 0.25) is 0 Å². The zero-order chi connectivity index (χ0) is 35.6. The number of rotatable bonds is 10. The molecule has 0 aliphatic rings. The molecule has 0 heterocycles. The number of hydrogen-bond donors (Lipinski definition) is 0. The molecule has 5 aromatic rings. The lowest BCUT2D eigenvalue weighted by Gasteiger charge is -2.15. The monoisotopic (exact) mass is 674 g/mol. The van der Waals surface area contributed by atoms with Gasteiger partial charge in [0, 0.05) is 5.56 Å². The topological polar surface area (TPSA) is 124 Å². The Balaban J connectivity index is 1.21. The van der Waals surface area contributed by atoms with Crippen LogP contribution in [0.5, 0.6) is 23.0 Å². The Morgan fingerprint density at radius 2 is 0.840 bits per heavy atom. The second-order valence-corrected chi connectivity index (χ2v) is 10.9. The van der Waals surface area contributed by atoms with Gasteiger partial charge in [-0.3, -0.25) is 0 Å². The molecular weight excluding hydrogens is 640 g/mol. The average molecular weight is 675 g/mol. The van der Waals surface area contributed by atoms with E-state index in [0.29, 0.717) is 39.5 Å². The summed E-state index contributed by atoms with van der Waals surface area (Å²) in [4.78, 5) is 49.3. The van der Waals surface area contributed by atoms with Crippen LogP contribution in [0, 0.1) is 13.8 Å². The molecular formula is C40H34O10. The molecule has 0 saturated heterocycles. The zero-order valence-corrected chi connectivity index (χ0v) is 27.9. The maximum atomic E-state index is 13.1. The Morgan fingerprint density at radius 3 is 1.24 bits per heavy atom. The van der Waals surface area contributed by atoms with E-state index in [-0.39, 0.29) is 19.0 Å². The Bertz CT molecular complexity index is 1980. The number of ether oxygens (including phenoxy) is 6. The molecule has 0 amide bonds. The molecule has 0 N–H and O–H groups in total. The number of carbonyl (C=O) groups is 4. The van der Waals surface area contributed by atoms with Gasteiger partial charge < -0.3 is 28.4 Å². The number of aryl methyl sites for hydroxylation is 1. The van der Waals surface area contributed by atoms with Gasteiger partial charge in [-0.2, -0.15) is 0 Å². The first-order chi connectivity index (χ1) is 24.1. The predicted octanol–water partition coefficient (Wildman–Crippen LogP) is 9.15. The maximum Gasteiger partial charge on any atom is 0.513 e. The third kappa shape index (κ3) is 8.73. The van der Waals surface area contributed by atoms with E-state index in [1.807, 2.05) is 0 Å². The minimum atomic E-state index is -0.770. The van der Waals surface area contributed by atoms with Crippen LogP contribution in [-0.2, 0) is 9.47 Å². The number of carbonyl (C=O) groups excluding carboxylic acids is 4. The molecule has 254 valence electrons. The minimum absolute atomic E-state index is 0.220. The highest BCUT2D eigenvalue weighted by atomic mass is 16.7. The fourth-order valence-corrected chi connectivity index (χ4v) is 4.90. The van der Waals surface area contributed by atoms with E-state index in [9.17, 15) is 19.2 Å². The van der Waals surface area contributed by atoms with Crippen molar-refractivity contribution in [1.29, 1.82) is 0 Å². The summed E-state index contributed by atoms with van der Waals surface area (Å²) in [6.07, 6.45) is -1.54. The summed E-state index contributed by atoms with van der Waals surface area (Å²) in [5.41, 5.74) is 5.25. The van der Waals surface area contributed by atoms with Crippen LogP contribution in [0.3, 0.4) is 0 Å². The van der Waals surface area contributed by atoms with Crippen LogP contribution >= 0.6 is 0 Å². The molecule has 10 heteroatoms. The van der Waals surface area contributed by atoms with Crippen LogP contribution in [0.25, 0.3) is 22.3 Å². The van der Waals surface area contributed by atoms with Crippen molar-refractivity contribution in [2.75, 3.05) is 13.2 Å². The molecule has 0 spiro atoms. The first-order valence-corrected chi connectivity index (χ1v) is 15.8. The SMILES string of the molecule is CCOC(=O)Oc1ccc(-c2ccc(C(=O)Oc3ccc(C)c(OC(=O)c4ccc(-c5ccc(OC(=O)OCC)cc5)cc4)c3C)cc2)cc1. The van der Waals surface area contributed by atoms with Gasteiger partial charge in [0.1, 0.15) is 23.0 Å². The number of hydrogen-bond acceptors (Lipinski definition) is 10. The fraction of sp³-hybridized carbons (Fsp3) is 0.150. The van der Waals surface area contributed by atoms with E-state index < -0.39 is 24.2 Å². The van der Waals surface area contributed by atoms with E-state index in [4.69, 9.17) is 28.4 Å². The molecule has 0 unspecified atom stereocenters. The van der Waals surface area contributed by atoms with Gasteiger partial charge in [-0.15, -0.1) is 0 Å². The van der Waals surface area contributed by atoms with Gasteiger partial charge in [0.25, 0.3) is 0 Å². The van der Waals surface area contributed by atoms with Gasteiger partial charge in [0.05, 0.1) is 24.3 Å². The third-order valence-electron chi connectivity index (χ3n) is 7.49. The van der Waals surface area contributed by atoms with E-state index in [0.717, 1.165) is 22.3 Å². The summed E-state index contributed by atoms with van der Waals surface area (Å²) in [7, 11) is 0. The Kier molecular flexibility index (Phi) is 11.3. The van der Waals surface area contributed by atoms with E-state index in [1.165, 1.54) is 0 Å². The summed E-state index contributed by atoms with van der Waals surface area (Å²) in [5.74, 6) is 0.123. The molecule has 0 aromatic heterocycles. The largest absolute Gasteiger partial charge is 0.513 e. The van der Waals surface area contributed by atoms with Crippen molar-refractivity contribution in [3.05, 3.63) is 131 Å². The molecule has 0 fully saturated rings. The van der Waals surface area contributed by atoms with E-state index in [2.05, 4.69) is 0 Å². The Morgan fingerprint density at radius 1 is 0.460 bits per heavy atom. The summed E-state index contributed by atoms with van der Waals surface area (Å²) in [6, 6.07) is 30.9. The van der Waals surface area contributed by atoms with E-state index in [1.54, 1.807) is 137 Å². The molecule has 0 atom stereocenters. The van der Waals surface area contributed by atoms with Crippen molar-refractivity contribution >= 4 is 24.2 Å². The molecule has 5 aromatic carbocycles. The van der Waals surface area contributed by atoms with Crippen LogP contribution in [-0.4, -0.2) is 37.5 Å². The van der Waals surface area contributed by atoms with Crippen molar-refractivity contribution in [2.45, 2.75) is 27.7 Å². The molecule has 0 aliphatic carbocycles. The Labute approximate surface area is 289 Å². The molecule has 10 nitrogen and oxygen atoms in total. The summed E-state index contributed by atoms with van der Waals surface area (Å²) in [5, 5.41) is 0. The second kappa shape index (κ2) is 16.1. The van der Waals surface area contributed by atoms with Gasteiger partial charge in [0.15, 0.2) is 0 Å². The fourth-order valence-electron chi connectivity index (χ4n) is 4.90. The summed E-state index contributed by atoms with van der Waals surface area (Å²) in [6.45, 7) is 7.35. The van der Waals surface area contributed by atoms with Crippen molar-refractivity contribution in [1.82, 2.24) is 0 Å². The van der Waals surface area contributed by atoms with Crippen LogP contribution in [0.4, 0.5) is 9.59 Å². The van der Waals surface area contributed by atoms with Crippen molar-refractivity contribution in [3.8, 4) is 45.3 Å². The van der Waals surface area contributed by atoms with Gasteiger partial charge in [-0.25, -0.2) is 19.2 Å². The maximum absolute atomic E-state index is 13.1. The first kappa shape index (κ1) is 34.9. The van der Waals surface area contributed by atoms with Crippen LogP contribution in [0.1, 0.15) is 45.7 Å². The van der Waals surface area contributed by atoms with Crippen molar-refractivity contribution < 1.29 is 47.6 Å². The molecule has 0 radical (unpaired) electrons. The predicted molar refractivity (Wildman–Crippen MR) is 185 cm³/mol. The zero-order valence-electron chi connectivity index (χ0n) is 27.9. The highest BCUT2D eigenvalue weighted by Crippen LogP contribution is 2.33. The molecule has 0 aliphatic heterocycles. The summed E-state index contributed by atoms with van der Waals surface area (Å²) >= 11 is 0. The van der Waals surface area contributed by atoms with Crippen LogP contribution < -0.4 is 18.9 Å². The smallest absolute Gasteiger partial charge is 0.434 e. The molecule has 0 saturated carbocycles. The standard InChI is InChI=1S/C40H34O10/c1-5-45-39(43)47-33-20-16-29(17-21-33)27-8-12-31(13-9-27)37(41)49-35-24-7-25(3)36(26(35)4)50-38(42)32-14-10-28(11-15-32)30-18-22-34(23-19-30)48-40(44)46-6-2/h7-24H,5-6H2,1-4H3. The van der Waals surface area contributed by atoms with Crippen LogP contribution in [0.15, 0.2) is 109 Å². The van der Waals surface area contributed by atoms with Gasteiger partial charge in [-0.1, -0.05) is 54.6 Å². The number of esters is 2. The molecule has 50 heavy (non-hydrogen) atoms. The minimum Gasteiger partial charge on any atom is -0.434 e. The van der Waals surface area contributed by atoms with Gasteiger partial charge >= 0.3 is 24.2 Å². The number of benzene rings is 5. The highest BCUT2D eigenvalue weighted by Gasteiger charge is 2.18. The normalized spacial score (nSPS) is 10.5. The van der Waals surface area contributed by atoms with E-state index >= 15 is 0 Å². The molecule has 0 bridgehead atoms. The third-order valence-corrected chi connectivity index (χ3v) is 7.49. The first-order valence-electron chi connectivity index (χ1n) is 15.8. The average Bonchev–Trinajstić information content (AvgIpc) is 3.12. The van der Waals surface area contributed by atoms with Crippen LogP contribution in [0.2, 0.25) is 0 Å². The highest BCUT2D eigenvalue weighted by molar-refractivity contribution is 5.93. The van der Waals surface area contributed by atoms with Crippen molar-refractivity contribution in [2.24, 2.45) is 0 Å². The second-order valence-electron chi connectivity index (χ2n) is 10.9. The van der Waals surface area contributed by atoms with Gasteiger partial charge in [-0.05, 0) is 110 Å².